The summed E-state index contributed by atoms with van der Waals surface area (Å²) in [6.45, 7) is 0. The van der Waals surface area contributed by atoms with Gasteiger partial charge in [0.25, 0.3) is 0 Å². The van der Waals surface area contributed by atoms with Gasteiger partial charge in [0.05, 0.1) is 5.41 Å². The van der Waals surface area contributed by atoms with Crippen molar-refractivity contribution in [2.24, 2.45) is 0 Å². The van der Waals surface area contributed by atoms with Gasteiger partial charge in [0.1, 0.15) is 5.69 Å². The number of anilines is 2. The maximum atomic E-state index is 10.4. The van der Waals surface area contributed by atoms with E-state index in [2.05, 4.69) is 41.7 Å². The van der Waals surface area contributed by atoms with Gasteiger partial charge < -0.3 is 30.8 Å². The van der Waals surface area contributed by atoms with E-state index >= 15 is 0 Å². The average Bonchev–Trinajstić information content (AvgIpc) is 3.40. The summed E-state index contributed by atoms with van der Waals surface area (Å²) in [6, 6.07) is 30.9. The van der Waals surface area contributed by atoms with Crippen LogP contribution in [0.5, 0.6) is 28.7 Å². The Bertz CT molecular complexity index is 1680. The first-order valence-electron chi connectivity index (χ1n) is 11.8. The topological polar surface area (TPSA) is 113 Å². The van der Waals surface area contributed by atoms with Gasteiger partial charge in [0, 0.05) is 5.69 Å². The van der Waals surface area contributed by atoms with Crippen LogP contribution in [0.4, 0.5) is 11.4 Å². The minimum Gasteiger partial charge on any atom is -0.503 e. The van der Waals surface area contributed by atoms with Crippen LogP contribution >= 0.6 is 0 Å². The predicted octanol–water partition coefficient (Wildman–Crippen LogP) is 6.30. The van der Waals surface area contributed by atoms with Crippen LogP contribution < -0.4 is 5.32 Å². The highest BCUT2D eigenvalue weighted by Crippen LogP contribution is 2.63. The quantitative estimate of drug-likeness (QED) is 0.126. The highest BCUT2D eigenvalue weighted by molar-refractivity contribution is 5.96. The van der Waals surface area contributed by atoms with Gasteiger partial charge >= 0.3 is 0 Å². The number of phenolic OH excluding ortho intramolecular Hbond substituents is 5. The standard InChI is InChI=1S/C31H21NO5/c33-26-25(27(34)29(36)30(37)28(26)35)32-16-13-14-20-19-9-3-6-12-23(19)31(24(20)15-16)21-10-4-1-7-17(21)18-8-2-5-11-22(18)31/h1-15,32-37H. The van der Waals surface area contributed by atoms with Crippen LogP contribution in [-0.2, 0) is 5.41 Å². The summed E-state index contributed by atoms with van der Waals surface area (Å²) < 4.78 is 0. The molecule has 0 aliphatic heterocycles. The molecule has 7 rings (SSSR count). The van der Waals surface area contributed by atoms with E-state index in [1.54, 1.807) is 6.07 Å². The fourth-order valence-electron chi connectivity index (χ4n) is 6.12. The zero-order valence-corrected chi connectivity index (χ0v) is 19.4. The number of nitrogens with one attached hydrogen (secondary N) is 1. The van der Waals surface area contributed by atoms with Crippen molar-refractivity contribution in [2.75, 3.05) is 5.32 Å². The SMILES string of the molecule is Oc1c(O)c(O)c(Nc2ccc3c(c2)C2(c4ccccc4-c4ccccc42)c2ccccc2-3)c(O)c1O. The summed E-state index contributed by atoms with van der Waals surface area (Å²) in [5.41, 5.74) is 8.71. The number of benzene rings is 5. The Morgan fingerprint density at radius 3 is 1.32 bits per heavy atom. The maximum Gasteiger partial charge on any atom is 0.208 e. The zero-order valence-electron chi connectivity index (χ0n) is 19.4. The van der Waals surface area contributed by atoms with Crippen molar-refractivity contribution in [3.05, 3.63) is 113 Å². The Morgan fingerprint density at radius 1 is 0.432 bits per heavy atom. The van der Waals surface area contributed by atoms with Crippen molar-refractivity contribution in [1.29, 1.82) is 0 Å². The lowest BCUT2D eigenvalue weighted by Gasteiger charge is -2.30. The van der Waals surface area contributed by atoms with Crippen LogP contribution in [0.25, 0.3) is 22.3 Å². The molecule has 6 N–H and O–H groups in total. The minimum absolute atomic E-state index is 0.315. The van der Waals surface area contributed by atoms with Gasteiger partial charge in [0.2, 0.25) is 17.2 Å². The van der Waals surface area contributed by atoms with Crippen LogP contribution in [0.15, 0.2) is 91.0 Å². The molecule has 0 saturated carbocycles. The molecule has 0 amide bonds. The molecule has 2 aliphatic rings. The maximum absolute atomic E-state index is 10.4. The molecule has 0 heterocycles. The van der Waals surface area contributed by atoms with Crippen molar-refractivity contribution in [3.63, 3.8) is 0 Å². The highest BCUT2D eigenvalue weighted by atomic mass is 16.4. The second kappa shape index (κ2) is 7.21. The number of hydrogen-bond acceptors (Lipinski definition) is 6. The third-order valence-electron chi connectivity index (χ3n) is 7.64. The molecule has 0 saturated heterocycles. The minimum atomic E-state index is -0.997. The van der Waals surface area contributed by atoms with Gasteiger partial charge in [0.15, 0.2) is 11.5 Å². The molecule has 2 aliphatic carbocycles. The first kappa shape index (κ1) is 21.2. The van der Waals surface area contributed by atoms with Crippen molar-refractivity contribution in [1.82, 2.24) is 0 Å². The second-order valence-electron chi connectivity index (χ2n) is 9.39. The Kier molecular flexibility index (Phi) is 4.13. The van der Waals surface area contributed by atoms with Crippen molar-refractivity contribution in [2.45, 2.75) is 5.41 Å². The highest BCUT2D eigenvalue weighted by Gasteiger charge is 2.51. The number of aromatic hydroxyl groups is 5. The fraction of sp³-hybridized carbons (Fsp3) is 0.0323. The van der Waals surface area contributed by atoms with E-state index < -0.39 is 34.2 Å². The number of hydrogen-bond donors (Lipinski definition) is 6. The molecule has 6 heteroatoms. The predicted molar refractivity (Wildman–Crippen MR) is 141 cm³/mol. The van der Waals surface area contributed by atoms with Crippen LogP contribution in [0.3, 0.4) is 0 Å². The largest absolute Gasteiger partial charge is 0.503 e. The average molecular weight is 488 g/mol. The van der Waals surface area contributed by atoms with Gasteiger partial charge in [-0.1, -0.05) is 78.9 Å². The molecule has 0 fully saturated rings. The molecular formula is C31H21NO5. The first-order chi connectivity index (χ1) is 17.9. The van der Waals surface area contributed by atoms with Crippen LogP contribution in [0, 0.1) is 0 Å². The summed E-state index contributed by atoms with van der Waals surface area (Å²) in [7, 11) is 0. The molecule has 0 bridgehead atoms. The number of fused-ring (bicyclic) bond motifs is 10. The molecule has 5 aromatic rings. The van der Waals surface area contributed by atoms with Gasteiger partial charge in [-0.15, -0.1) is 0 Å². The summed E-state index contributed by atoms with van der Waals surface area (Å²) >= 11 is 0. The Hall–Kier alpha value is -5.10. The molecule has 37 heavy (non-hydrogen) atoms. The molecule has 0 atom stereocenters. The van der Waals surface area contributed by atoms with Crippen molar-refractivity contribution >= 4 is 11.4 Å². The summed E-state index contributed by atoms with van der Waals surface area (Å²) in [4.78, 5) is 0. The Labute approximate surface area is 212 Å². The molecular weight excluding hydrogens is 466 g/mol. The Balaban J connectivity index is 1.51. The number of phenols is 5. The molecule has 0 radical (unpaired) electrons. The summed E-state index contributed by atoms with van der Waals surface area (Å²) in [6.07, 6.45) is 0. The molecule has 180 valence electrons. The zero-order chi connectivity index (χ0) is 25.5. The monoisotopic (exact) mass is 487 g/mol. The van der Waals surface area contributed by atoms with Crippen LogP contribution in [-0.4, -0.2) is 25.5 Å². The molecule has 6 nitrogen and oxygen atoms in total. The van der Waals surface area contributed by atoms with E-state index in [-0.39, 0.29) is 5.69 Å². The lowest BCUT2D eigenvalue weighted by Crippen LogP contribution is -2.25. The Morgan fingerprint density at radius 2 is 0.838 bits per heavy atom. The van der Waals surface area contributed by atoms with Gasteiger partial charge in [-0.05, 0) is 56.6 Å². The van der Waals surface area contributed by atoms with Crippen LogP contribution in [0.1, 0.15) is 22.3 Å². The summed E-state index contributed by atoms with van der Waals surface area (Å²) in [5, 5.41) is 53.5. The van der Waals surface area contributed by atoms with Gasteiger partial charge in [-0.25, -0.2) is 0 Å². The van der Waals surface area contributed by atoms with Crippen molar-refractivity contribution in [3.8, 4) is 51.0 Å². The first-order valence-corrected chi connectivity index (χ1v) is 11.8. The van der Waals surface area contributed by atoms with Gasteiger partial charge in [-0.2, -0.15) is 0 Å². The molecule has 0 aromatic heterocycles. The number of rotatable bonds is 2. The van der Waals surface area contributed by atoms with E-state index in [4.69, 9.17) is 0 Å². The normalized spacial score (nSPS) is 13.6. The van der Waals surface area contributed by atoms with Crippen LogP contribution in [0.2, 0.25) is 0 Å². The fourth-order valence-corrected chi connectivity index (χ4v) is 6.12. The molecule has 0 unspecified atom stereocenters. The third-order valence-corrected chi connectivity index (χ3v) is 7.64. The summed E-state index contributed by atoms with van der Waals surface area (Å²) in [5.74, 6) is -4.41. The van der Waals surface area contributed by atoms with E-state index in [0.29, 0.717) is 5.69 Å². The van der Waals surface area contributed by atoms with Crippen molar-refractivity contribution < 1.29 is 25.5 Å². The van der Waals surface area contributed by atoms with E-state index in [1.807, 2.05) is 48.5 Å². The van der Waals surface area contributed by atoms with E-state index in [1.165, 1.54) is 27.8 Å². The lowest BCUT2D eigenvalue weighted by molar-refractivity contribution is 0.330. The van der Waals surface area contributed by atoms with Gasteiger partial charge in [-0.3, -0.25) is 0 Å². The second-order valence-corrected chi connectivity index (χ2v) is 9.39. The van der Waals surface area contributed by atoms with E-state index in [9.17, 15) is 25.5 Å². The smallest absolute Gasteiger partial charge is 0.208 e. The third kappa shape index (κ3) is 2.53. The van der Waals surface area contributed by atoms with E-state index in [0.717, 1.165) is 16.7 Å². The molecule has 1 spiro atoms. The molecule has 5 aromatic carbocycles. The lowest BCUT2D eigenvalue weighted by atomic mass is 9.70.